The van der Waals surface area contributed by atoms with Crippen molar-refractivity contribution in [3.8, 4) is 5.75 Å². The summed E-state index contributed by atoms with van der Waals surface area (Å²) in [5.74, 6) is 0.347. The van der Waals surface area contributed by atoms with E-state index in [1.165, 1.54) is 25.8 Å². The molecule has 0 aromatic heterocycles. The maximum atomic E-state index is 9.34. The van der Waals surface area contributed by atoms with E-state index in [2.05, 4.69) is 17.3 Å². The lowest BCUT2D eigenvalue weighted by Crippen LogP contribution is -2.28. The number of nitrogens with one attached hydrogen (secondary N) is 1. The van der Waals surface area contributed by atoms with Gasteiger partial charge < -0.3 is 15.3 Å². The molecule has 1 aliphatic heterocycles. The lowest BCUT2D eigenvalue weighted by Gasteiger charge is -2.19. The van der Waals surface area contributed by atoms with Crippen molar-refractivity contribution in [2.75, 3.05) is 20.1 Å². The third kappa shape index (κ3) is 3.72. The fourth-order valence-corrected chi connectivity index (χ4v) is 2.51. The Bertz CT molecular complexity index is 354. The van der Waals surface area contributed by atoms with Crippen LogP contribution in [-0.2, 0) is 6.54 Å². The maximum Gasteiger partial charge on any atom is 0.115 e. The molecule has 1 atom stereocenters. The summed E-state index contributed by atoms with van der Waals surface area (Å²) in [6, 6.07) is 8.20. The topological polar surface area (TPSA) is 35.5 Å². The molecule has 3 heteroatoms. The number of rotatable bonds is 5. The van der Waals surface area contributed by atoms with Gasteiger partial charge in [0.05, 0.1) is 0 Å². The summed E-state index contributed by atoms with van der Waals surface area (Å²) in [5, 5.41) is 12.8. The maximum absolute atomic E-state index is 9.34. The predicted molar refractivity (Wildman–Crippen MR) is 70.1 cm³/mol. The Morgan fingerprint density at radius 2 is 2.35 bits per heavy atom. The molecular weight excluding hydrogens is 212 g/mol. The first-order valence-electron chi connectivity index (χ1n) is 6.44. The summed E-state index contributed by atoms with van der Waals surface area (Å²) in [4.78, 5) is 2.45. The molecule has 0 aliphatic carbocycles. The van der Waals surface area contributed by atoms with E-state index in [-0.39, 0.29) is 0 Å². The molecule has 0 saturated carbocycles. The van der Waals surface area contributed by atoms with Crippen LogP contribution in [0.3, 0.4) is 0 Å². The van der Waals surface area contributed by atoms with Gasteiger partial charge in [-0.15, -0.1) is 0 Å². The molecular formula is C14H22N2O. The van der Waals surface area contributed by atoms with Crippen molar-refractivity contribution in [2.45, 2.75) is 31.8 Å². The highest BCUT2D eigenvalue weighted by Crippen LogP contribution is 2.17. The van der Waals surface area contributed by atoms with Crippen LogP contribution >= 0.6 is 0 Å². The normalized spacial score (nSPS) is 20.9. The number of phenolic OH excluding ortho intramolecular Hbond substituents is 1. The Balaban J connectivity index is 1.66. The van der Waals surface area contributed by atoms with Gasteiger partial charge in [-0.3, -0.25) is 0 Å². The van der Waals surface area contributed by atoms with Crippen molar-refractivity contribution in [2.24, 2.45) is 0 Å². The second kappa shape index (κ2) is 6.03. The minimum Gasteiger partial charge on any atom is -0.508 e. The second-order valence-corrected chi connectivity index (χ2v) is 4.91. The van der Waals surface area contributed by atoms with E-state index in [0.29, 0.717) is 5.75 Å². The zero-order chi connectivity index (χ0) is 12.1. The van der Waals surface area contributed by atoms with Crippen LogP contribution in [0.15, 0.2) is 24.3 Å². The summed E-state index contributed by atoms with van der Waals surface area (Å²) in [5.41, 5.74) is 1.14. The van der Waals surface area contributed by atoms with Crippen LogP contribution in [0, 0.1) is 0 Å². The average molecular weight is 234 g/mol. The van der Waals surface area contributed by atoms with Crippen molar-refractivity contribution in [1.82, 2.24) is 10.2 Å². The Labute approximate surface area is 103 Å². The van der Waals surface area contributed by atoms with Crippen molar-refractivity contribution >= 4 is 0 Å². The largest absolute Gasteiger partial charge is 0.508 e. The first-order valence-corrected chi connectivity index (χ1v) is 6.44. The summed E-state index contributed by atoms with van der Waals surface area (Å²) in [6.07, 6.45) is 3.90. The monoisotopic (exact) mass is 234 g/mol. The number of aromatic hydroxyl groups is 1. The number of nitrogens with zero attached hydrogens (tertiary/aromatic N) is 1. The molecule has 1 aromatic carbocycles. The summed E-state index contributed by atoms with van der Waals surface area (Å²) in [6.45, 7) is 3.13. The molecule has 1 aromatic rings. The quantitative estimate of drug-likeness (QED) is 0.765. The van der Waals surface area contributed by atoms with Gasteiger partial charge >= 0.3 is 0 Å². The van der Waals surface area contributed by atoms with E-state index >= 15 is 0 Å². The molecule has 1 fully saturated rings. The van der Waals surface area contributed by atoms with Crippen LogP contribution in [0.2, 0.25) is 0 Å². The molecule has 0 radical (unpaired) electrons. The number of hydrogen-bond donors (Lipinski definition) is 2. The highest BCUT2D eigenvalue weighted by molar-refractivity contribution is 5.26. The molecule has 0 spiro atoms. The molecule has 0 bridgehead atoms. The van der Waals surface area contributed by atoms with Gasteiger partial charge in [0.1, 0.15) is 5.75 Å². The fraction of sp³-hybridized carbons (Fsp3) is 0.571. The number of hydrogen-bond acceptors (Lipinski definition) is 3. The molecule has 3 nitrogen and oxygen atoms in total. The molecule has 1 saturated heterocycles. The Kier molecular flexibility index (Phi) is 4.40. The molecule has 2 N–H and O–H groups in total. The van der Waals surface area contributed by atoms with Crippen LogP contribution in [0.25, 0.3) is 0 Å². The third-order valence-electron chi connectivity index (χ3n) is 3.57. The summed E-state index contributed by atoms with van der Waals surface area (Å²) in [7, 11) is 2.22. The van der Waals surface area contributed by atoms with Crippen LogP contribution < -0.4 is 5.32 Å². The van der Waals surface area contributed by atoms with Crippen LogP contribution in [-0.4, -0.2) is 36.2 Å². The molecule has 0 unspecified atom stereocenters. The lowest BCUT2D eigenvalue weighted by atomic mass is 10.1. The van der Waals surface area contributed by atoms with E-state index in [4.69, 9.17) is 0 Å². The van der Waals surface area contributed by atoms with E-state index < -0.39 is 0 Å². The Morgan fingerprint density at radius 3 is 3.06 bits per heavy atom. The lowest BCUT2D eigenvalue weighted by molar-refractivity contribution is 0.293. The van der Waals surface area contributed by atoms with Crippen molar-refractivity contribution in [3.63, 3.8) is 0 Å². The highest BCUT2D eigenvalue weighted by Gasteiger charge is 2.19. The van der Waals surface area contributed by atoms with Crippen molar-refractivity contribution in [3.05, 3.63) is 29.8 Å². The Hall–Kier alpha value is -1.06. The van der Waals surface area contributed by atoms with E-state index in [9.17, 15) is 5.11 Å². The van der Waals surface area contributed by atoms with Gasteiger partial charge in [-0.25, -0.2) is 0 Å². The SMILES string of the molecule is CN1CCC[C@H]1CCNCc1cccc(O)c1. The molecule has 1 aliphatic rings. The minimum atomic E-state index is 0.347. The number of likely N-dealkylation sites (tertiary alicyclic amines) is 1. The molecule has 94 valence electrons. The van der Waals surface area contributed by atoms with Gasteiger partial charge in [0.15, 0.2) is 0 Å². The smallest absolute Gasteiger partial charge is 0.115 e. The van der Waals surface area contributed by atoms with E-state index in [0.717, 1.165) is 24.7 Å². The van der Waals surface area contributed by atoms with E-state index in [1.807, 2.05) is 18.2 Å². The number of benzene rings is 1. The highest BCUT2D eigenvalue weighted by atomic mass is 16.3. The summed E-state index contributed by atoms with van der Waals surface area (Å²) >= 11 is 0. The average Bonchev–Trinajstić information content (AvgIpc) is 2.71. The third-order valence-corrected chi connectivity index (χ3v) is 3.57. The van der Waals surface area contributed by atoms with Crippen LogP contribution in [0.1, 0.15) is 24.8 Å². The van der Waals surface area contributed by atoms with Gasteiger partial charge in [-0.05, 0) is 57.1 Å². The first kappa shape index (κ1) is 12.4. The number of phenols is 1. The minimum absolute atomic E-state index is 0.347. The first-order chi connectivity index (χ1) is 8.25. The molecule has 17 heavy (non-hydrogen) atoms. The van der Waals surface area contributed by atoms with Gasteiger partial charge in [-0.1, -0.05) is 12.1 Å². The van der Waals surface area contributed by atoms with Gasteiger partial charge in [0, 0.05) is 12.6 Å². The summed E-state index contributed by atoms with van der Waals surface area (Å²) < 4.78 is 0. The van der Waals surface area contributed by atoms with Gasteiger partial charge in [-0.2, -0.15) is 0 Å². The predicted octanol–water partition coefficient (Wildman–Crippen LogP) is 1.97. The van der Waals surface area contributed by atoms with Crippen molar-refractivity contribution in [1.29, 1.82) is 0 Å². The van der Waals surface area contributed by atoms with Gasteiger partial charge in [0.2, 0.25) is 0 Å². The molecule has 1 heterocycles. The fourth-order valence-electron chi connectivity index (χ4n) is 2.51. The second-order valence-electron chi connectivity index (χ2n) is 4.91. The zero-order valence-electron chi connectivity index (χ0n) is 10.5. The van der Waals surface area contributed by atoms with Crippen molar-refractivity contribution < 1.29 is 5.11 Å². The molecule has 0 amide bonds. The molecule has 2 rings (SSSR count). The van der Waals surface area contributed by atoms with E-state index in [1.54, 1.807) is 6.07 Å². The van der Waals surface area contributed by atoms with Crippen LogP contribution in [0.4, 0.5) is 0 Å². The van der Waals surface area contributed by atoms with Gasteiger partial charge in [0.25, 0.3) is 0 Å². The Morgan fingerprint density at radius 1 is 1.47 bits per heavy atom. The standard InChI is InChI=1S/C14H22N2O/c1-16-9-3-5-13(16)7-8-15-11-12-4-2-6-14(17)10-12/h2,4,6,10,13,15,17H,3,5,7-9,11H2,1H3/t13-/m0/s1. The van der Waals surface area contributed by atoms with Crippen LogP contribution in [0.5, 0.6) is 5.75 Å². The zero-order valence-corrected chi connectivity index (χ0v) is 10.5.